The van der Waals surface area contributed by atoms with E-state index in [0.717, 1.165) is 24.1 Å². The van der Waals surface area contributed by atoms with Crippen molar-refractivity contribution in [2.24, 2.45) is 7.05 Å². The van der Waals surface area contributed by atoms with Gasteiger partial charge in [0.25, 0.3) is 0 Å². The SMILES string of the molecule is Cc1nn(C)cc1C(NC1CCCC1)C(=O)O. The minimum atomic E-state index is -0.826. The molecule has 0 spiro atoms. The van der Waals surface area contributed by atoms with Crippen LogP contribution < -0.4 is 5.32 Å². The standard InChI is InChI=1S/C12H19N3O2/c1-8-10(7-15(2)14-8)11(12(16)17)13-9-5-3-4-6-9/h7,9,11,13H,3-6H2,1-2H3,(H,16,17). The quantitative estimate of drug-likeness (QED) is 0.830. The maximum Gasteiger partial charge on any atom is 0.325 e. The van der Waals surface area contributed by atoms with Gasteiger partial charge in [-0.25, -0.2) is 0 Å². The van der Waals surface area contributed by atoms with Gasteiger partial charge >= 0.3 is 5.97 Å². The van der Waals surface area contributed by atoms with Crippen molar-refractivity contribution in [1.29, 1.82) is 0 Å². The van der Waals surface area contributed by atoms with Gasteiger partial charge in [0.05, 0.1) is 5.69 Å². The molecule has 1 aromatic rings. The summed E-state index contributed by atoms with van der Waals surface area (Å²) in [5.41, 5.74) is 1.55. The second kappa shape index (κ2) is 4.87. The number of hydrogen-bond donors (Lipinski definition) is 2. The van der Waals surface area contributed by atoms with E-state index >= 15 is 0 Å². The summed E-state index contributed by atoms with van der Waals surface area (Å²) in [5, 5.41) is 16.8. The van der Waals surface area contributed by atoms with Gasteiger partial charge in [-0.2, -0.15) is 5.10 Å². The molecule has 1 fully saturated rings. The molecule has 1 aliphatic rings. The molecule has 1 aromatic heterocycles. The molecule has 1 saturated carbocycles. The molecule has 0 aromatic carbocycles. The third-order valence-electron chi connectivity index (χ3n) is 3.37. The molecular formula is C12H19N3O2. The molecule has 1 heterocycles. The Labute approximate surface area is 101 Å². The molecule has 0 amide bonds. The minimum absolute atomic E-state index is 0.329. The maximum atomic E-state index is 11.3. The second-order valence-electron chi connectivity index (χ2n) is 4.76. The molecule has 1 unspecified atom stereocenters. The first kappa shape index (κ1) is 12.1. The monoisotopic (exact) mass is 237 g/mol. The fourth-order valence-corrected chi connectivity index (χ4v) is 2.52. The number of carboxylic acids is 1. The van der Waals surface area contributed by atoms with Crippen molar-refractivity contribution in [3.05, 3.63) is 17.5 Å². The third kappa shape index (κ3) is 2.66. The van der Waals surface area contributed by atoms with Crippen LogP contribution in [0.4, 0.5) is 0 Å². The number of aromatic nitrogens is 2. The fraction of sp³-hybridized carbons (Fsp3) is 0.667. The van der Waals surface area contributed by atoms with Crippen LogP contribution in [0.25, 0.3) is 0 Å². The molecule has 0 bridgehead atoms. The molecule has 5 nitrogen and oxygen atoms in total. The second-order valence-corrected chi connectivity index (χ2v) is 4.76. The van der Waals surface area contributed by atoms with Gasteiger partial charge in [0.1, 0.15) is 6.04 Å². The Kier molecular flexibility index (Phi) is 3.47. The van der Waals surface area contributed by atoms with Gasteiger partial charge in [-0.3, -0.25) is 14.8 Å². The summed E-state index contributed by atoms with van der Waals surface area (Å²) in [6.45, 7) is 1.85. The number of carbonyl (C=O) groups is 1. The number of carboxylic acid groups (broad SMARTS) is 1. The Hall–Kier alpha value is -1.36. The first-order valence-corrected chi connectivity index (χ1v) is 6.07. The molecule has 94 valence electrons. The van der Waals surface area contributed by atoms with Crippen LogP contribution in [0.5, 0.6) is 0 Å². The van der Waals surface area contributed by atoms with Gasteiger partial charge in [-0.05, 0) is 19.8 Å². The van der Waals surface area contributed by atoms with Crippen molar-refractivity contribution < 1.29 is 9.90 Å². The van der Waals surface area contributed by atoms with Crippen LogP contribution in [0.3, 0.4) is 0 Å². The largest absolute Gasteiger partial charge is 0.480 e. The highest BCUT2D eigenvalue weighted by molar-refractivity contribution is 5.75. The zero-order valence-electron chi connectivity index (χ0n) is 10.3. The Morgan fingerprint density at radius 1 is 1.59 bits per heavy atom. The van der Waals surface area contributed by atoms with E-state index in [2.05, 4.69) is 10.4 Å². The van der Waals surface area contributed by atoms with E-state index in [4.69, 9.17) is 0 Å². The van der Waals surface area contributed by atoms with E-state index in [1.807, 2.05) is 14.0 Å². The van der Waals surface area contributed by atoms with Crippen LogP contribution in [0.15, 0.2) is 6.20 Å². The number of aliphatic carboxylic acids is 1. The average Bonchev–Trinajstić information content (AvgIpc) is 2.84. The van der Waals surface area contributed by atoms with Crippen LogP contribution in [0.2, 0.25) is 0 Å². The highest BCUT2D eigenvalue weighted by Crippen LogP contribution is 2.23. The van der Waals surface area contributed by atoms with E-state index in [1.54, 1.807) is 10.9 Å². The zero-order valence-corrected chi connectivity index (χ0v) is 10.3. The van der Waals surface area contributed by atoms with Crippen molar-refractivity contribution in [2.75, 3.05) is 0 Å². The number of nitrogens with zero attached hydrogens (tertiary/aromatic N) is 2. The van der Waals surface area contributed by atoms with Crippen LogP contribution in [0.1, 0.15) is 43.0 Å². The van der Waals surface area contributed by atoms with Crippen LogP contribution in [-0.2, 0) is 11.8 Å². The van der Waals surface area contributed by atoms with Gasteiger partial charge in [-0.15, -0.1) is 0 Å². The van der Waals surface area contributed by atoms with Crippen LogP contribution in [-0.4, -0.2) is 26.9 Å². The average molecular weight is 237 g/mol. The van der Waals surface area contributed by atoms with Gasteiger partial charge < -0.3 is 5.11 Å². The van der Waals surface area contributed by atoms with Crippen LogP contribution >= 0.6 is 0 Å². The molecule has 1 aliphatic carbocycles. The lowest BCUT2D eigenvalue weighted by molar-refractivity contribution is -0.139. The third-order valence-corrected chi connectivity index (χ3v) is 3.37. The van der Waals surface area contributed by atoms with Crippen molar-refractivity contribution in [3.8, 4) is 0 Å². The molecule has 0 radical (unpaired) electrons. The summed E-state index contributed by atoms with van der Waals surface area (Å²) in [7, 11) is 1.81. The summed E-state index contributed by atoms with van der Waals surface area (Å²) < 4.78 is 1.66. The molecule has 2 rings (SSSR count). The lowest BCUT2D eigenvalue weighted by Gasteiger charge is -2.18. The fourth-order valence-electron chi connectivity index (χ4n) is 2.52. The molecule has 17 heavy (non-hydrogen) atoms. The van der Waals surface area contributed by atoms with Gasteiger partial charge in [-0.1, -0.05) is 12.8 Å². The van der Waals surface area contributed by atoms with Crippen molar-refractivity contribution >= 4 is 5.97 Å². The normalized spacial score (nSPS) is 18.5. The first-order chi connectivity index (χ1) is 8.08. The predicted molar refractivity (Wildman–Crippen MR) is 63.7 cm³/mol. The number of rotatable bonds is 4. The summed E-state index contributed by atoms with van der Waals surface area (Å²) in [5.74, 6) is -0.826. The molecule has 2 N–H and O–H groups in total. The van der Waals surface area contributed by atoms with E-state index in [0.29, 0.717) is 6.04 Å². The highest BCUT2D eigenvalue weighted by Gasteiger charge is 2.27. The van der Waals surface area contributed by atoms with Gasteiger partial charge in [0, 0.05) is 24.8 Å². The lowest BCUT2D eigenvalue weighted by Crippen LogP contribution is -2.35. The molecule has 0 aliphatic heterocycles. The highest BCUT2D eigenvalue weighted by atomic mass is 16.4. The van der Waals surface area contributed by atoms with E-state index < -0.39 is 12.0 Å². The van der Waals surface area contributed by atoms with Gasteiger partial charge in [0.15, 0.2) is 0 Å². The molecule has 0 saturated heterocycles. The summed E-state index contributed by atoms with van der Waals surface area (Å²) in [6, 6.07) is -0.303. The Balaban J connectivity index is 2.16. The summed E-state index contributed by atoms with van der Waals surface area (Å²) >= 11 is 0. The Morgan fingerprint density at radius 2 is 2.24 bits per heavy atom. The van der Waals surface area contributed by atoms with Crippen molar-refractivity contribution in [2.45, 2.75) is 44.7 Å². The Bertz CT molecular complexity index is 408. The number of hydrogen-bond acceptors (Lipinski definition) is 3. The van der Waals surface area contributed by atoms with E-state index in [9.17, 15) is 9.90 Å². The van der Waals surface area contributed by atoms with Crippen molar-refractivity contribution in [1.82, 2.24) is 15.1 Å². The number of aryl methyl sites for hydroxylation is 2. The van der Waals surface area contributed by atoms with E-state index in [-0.39, 0.29) is 0 Å². The van der Waals surface area contributed by atoms with Gasteiger partial charge in [0.2, 0.25) is 0 Å². The topological polar surface area (TPSA) is 67.2 Å². The smallest absolute Gasteiger partial charge is 0.325 e. The Morgan fingerprint density at radius 3 is 2.71 bits per heavy atom. The lowest BCUT2D eigenvalue weighted by atomic mass is 10.1. The first-order valence-electron chi connectivity index (χ1n) is 6.07. The molecular weight excluding hydrogens is 218 g/mol. The number of nitrogens with one attached hydrogen (secondary N) is 1. The van der Waals surface area contributed by atoms with Crippen LogP contribution in [0, 0.1) is 6.92 Å². The summed E-state index contributed by atoms with van der Waals surface area (Å²) in [4.78, 5) is 11.3. The van der Waals surface area contributed by atoms with Crippen molar-refractivity contribution in [3.63, 3.8) is 0 Å². The predicted octanol–water partition coefficient (Wildman–Crippen LogP) is 1.39. The molecule has 1 atom stereocenters. The maximum absolute atomic E-state index is 11.3. The van der Waals surface area contributed by atoms with E-state index in [1.165, 1.54) is 12.8 Å². The zero-order chi connectivity index (χ0) is 12.4. The minimum Gasteiger partial charge on any atom is -0.480 e. The summed E-state index contributed by atoms with van der Waals surface area (Å²) in [6.07, 6.45) is 6.31. The molecule has 5 heteroatoms.